The van der Waals surface area contributed by atoms with Crippen molar-refractivity contribution >= 4 is 45.6 Å². The molecule has 98 valence electrons. The minimum Gasteiger partial charge on any atom is -0.282 e. The lowest BCUT2D eigenvalue weighted by Crippen LogP contribution is -2.03. The summed E-state index contributed by atoms with van der Waals surface area (Å²) in [4.78, 5) is 4.55. The summed E-state index contributed by atoms with van der Waals surface area (Å²) in [5.74, 6) is 0.697. The molecule has 0 atom stereocenters. The van der Waals surface area contributed by atoms with E-state index in [0.717, 1.165) is 21.2 Å². The Morgan fingerprint density at radius 1 is 1.26 bits per heavy atom. The molecular weight excluding hydrogens is 296 g/mol. The quantitative estimate of drug-likeness (QED) is 0.809. The number of thioether (sulfide) groups is 3. The highest BCUT2D eigenvalue weighted by molar-refractivity contribution is 8.52. The summed E-state index contributed by atoms with van der Waals surface area (Å²) in [6.45, 7) is 0.755. The second kappa shape index (κ2) is 6.02. The zero-order valence-corrected chi connectivity index (χ0v) is 12.8. The van der Waals surface area contributed by atoms with Gasteiger partial charge in [-0.25, -0.2) is 0 Å². The van der Waals surface area contributed by atoms with Gasteiger partial charge in [0.15, 0.2) is 5.16 Å². The second-order valence-corrected chi connectivity index (χ2v) is 7.17. The first-order chi connectivity index (χ1) is 9.36. The van der Waals surface area contributed by atoms with Crippen LogP contribution in [0, 0.1) is 0 Å². The summed E-state index contributed by atoms with van der Waals surface area (Å²) in [6.07, 6.45) is 2.01. The van der Waals surface area contributed by atoms with Gasteiger partial charge in [-0.05, 0) is 11.8 Å². The van der Waals surface area contributed by atoms with Crippen LogP contribution >= 0.6 is 35.3 Å². The number of hydrogen-bond donors (Lipinski definition) is 0. The molecular formula is C12H12N4S3. The summed E-state index contributed by atoms with van der Waals surface area (Å²) < 4.78 is 3.14. The lowest BCUT2D eigenvalue weighted by atomic mass is 10.2. The molecule has 1 aromatic carbocycles. The van der Waals surface area contributed by atoms with Crippen LogP contribution in [-0.4, -0.2) is 30.5 Å². The van der Waals surface area contributed by atoms with Gasteiger partial charge in [-0.3, -0.25) is 4.57 Å². The topological polar surface area (TPSA) is 43.1 Å². The van der Waals surface area contributed by atoms with Crippen LogP contribution in [0.2, 0.25) is 0 Å². The molecule has 7 heteroatoms. The van der Waals surface area contributed by atoms with Crippen molar-refractivity contribution in [3.8, 4) is 0 Å². The van der Waals surface area contributed by atoms with Crippen molar-refractivity contribution in [2.24, 2.45) is 4.99 Å². The predicted octanol–water partition coefficient (Wildman–Crippen LogP) is 3.47. The van der Waals surface area contributed by atoms with E-state index in [1.807, 2.05) is 24.5 Å². The Bertz CT molecular complexity index is 588. The molecule has 0 spiro atoms. The molecule has 0 aliphatic carbocycles. The van der Waals surface area contributed by atoms with Crippen molar-refractivity contribution < 1.29 is 0 Å². The zero-order valence-electron chi connectivity index (χ0n) is 10.3. The minimum atomic E-state index is 0.697. The minimum absolute atomic E-state index is 0.697. The van der Waals surface area contributed by atoms with Gasteiger partial charge in [0.1, 0.15) is 4.38 Å². The highest BCUT2D eigenvalue weighted by Gasteiger charge is 2.16. The molecule has 0 amide bonds. The van der Waals surface area contributed by atoms with Gasteiger partial charge in [0.25, 0.3) is 5.95 Å². The second-order valence-electron chi connectivity index (χ2n) is 3.84. The van der Waals surface area contributed by atoms with E-state index < -0.39 is 0 Å². The molecule has 0 radical (unpaired) electrons. The van der Waals surface area contributed by atoms with Gasteiger partial charge in [-0.1, -0.05) is 65.6 Å². The Hall–Kier alpha value is -0.920. The number of hydrogen-bond acceptors (Lipinski definition) is 6. The summed E-state index contributed by atoms with van der Waals surface area (Å²) in [6, 6.07) is 10.3. The average Bonchev–Trinajstić information content (AvgIpc) is 2.77. The zero-order chi connectivity index (χ0) is 13.1. The molecule has 1 fully saturated rings. The van der Waals surface area contributed by atoms with Crippen LogP contribution in [0.5, 0.6) is 0 Å². The van der Waals surface area contributed by atoms with Crippen LogP contribution in [-0.2, 0) is 6.54 Å². The fraction of sp³-hybridized carbons (Fsp3) is 0.250. The highest BCUT2D eigenvalue weighted by atomic mass is 32.3. The average molecular weight is 308 g/mol. The largest absolute Gasteiger partial charge is 0.282 e. The molecule has 1 saturated heterocycles. The molecule has 3 rings (SSSR count). The Labute approximate surface area is 124 Å². The summed E-state index contributed by atoms with van der Waals surface area (Å²) in [5.41, 5.74) is 1.23. The first-order valence-electron chi connectivity index (χ1n) is 5.72. The molecule has 1 aromatic heterocycles. The third kappa shape index (κ3) is 2.98. The molecule has 1 aliphatic heterocycles. The Morgan fingerprint density at radius 3 is 2.68 bits per heavy atom. The maximum atomic E-state index is 4.55. The molecule has 0 unspecified atom stereocenters. The smallest absolute Gasteiger partial charge is 0.253 e. The van der Waals surface area contributed by atoms with Crippen molar-refractivity contribution in [2.75, 3.05) is 11.3 Å². The van der Waals surface area contributed by atoms with E-state index in [0.29, 0.717) is 5.95 Å². The summed E-state index contributed by atoms with van der Waals surface area (Å²) >= 11 is 5.11. The summed E-state index contributed by atoms with van der Waals surface area (Å²) in [7, 11) is 0. The fourth-order valence-corrected chi connectivity index (χ4v) is 3.35. The van der Waals surface area contributed by atoms with Crippen LogP contribution in [0.3, 0.4) is 0 Å². The van der Waals surface area contributed by atoms with Crippen LogP contribution < -0.4 is 0 Å². The van der Waals surface area contributed by atoms with Gasteiger partial charge < -0.3 is 0 Å². The van der Waals surface area contributed by atoms with Gasteiger partial charge in [0.2, 0.25) is 0 Å². The molecule has 0 saturated carbocycles. The first kappa shape index (κ1) is 13.1. The van der Waals surface area contributed by atoms with E-state index in [9.17, 15) is 0 Å². The van der Waals surface area contributed by atoms with Crippen molar-refractivity contribution in [3.05, 3.63) is 35.9 Å². The van der Waals surface area contributed by atoms with E-state index in [1.165, 1.54) is 5.56 Å². The molecule has 4 nitrogen and oxygen atoms in total. The van der Waals surface area contributed by atoms with E-state index in [2.05, 4.69) is 31.9 Å². The number of aromatic nitrogens is 3. The Kier molecular flexibility index (Phi) is 4.15. The maximum Gasteiger partial charge on any atom is 0.253 e. The van der Waals surface area contributed by atoms with E-state index in [4.69, 9.17) is 0 Å². The molecule has 19 heavy (non-hydrogen) atoms. The van der Waals surface area contributed by atoms with E-state index in [1.54, 1.807) is 35.3 Å². The van der Waals surface area contributed by atoms with E-state index in [-0.39, 0.29) is 0 Å². The fourth-order valence-electron chi connectivity index (χ4n) is 1.68. The van der Waals surface area contributed by atoms with Crippen LogP contribution in [0.15, 0.2) is 40.5 Å². The van der Waals surface area contributed by atoms with Gasteiger partial charge in [0, 0.05) is 0 Å². The third-order valence-corrected chi connectivity index (χ3v) is 5.61. The van der Waals surface area contributed by atoms with Crippen molar-refractivity contribution in [1.82, 2.24) is 14.8 Å². The molecule has 0 bridgehead atoms. The first-order valence-corrected chi connectivity index (χ1v) is 8.92. The number of nitrogens with zero attached hydrogens (tertiary/aromatic N) is 4. The van der Waals surface area contributed by atoms with Gasteiger partial charge in [-0.15, -0.1) is 10.2 Å². The van der Waals surface area contributed by atoms with Crippen LogP contribution in [0.4, 0.5) is 5.95 Å². The number of aliphatic imine (C=N–C) groups is 1. The van der Waals surface area contributed by atoms with Crippen molar-refractivity contribution in [3.63, 3.8) is 0 Å². The Morgan fingerprint density at radius 2 is 2.05 bits per heavy atom. The monoisotopic (exact) mass is 308 g/mol. The van der Waals surface area contributed by atoms with Crippen LogP contribution in [0.25, 0.3) is 0 Å². The lowest BCUT2D eigenvalue weighted by Gasteiger charge is -2.13. The standard InChI is InChI=1S/C12H12N4S3/c1-17-11-15-14-10(13-12-18-8-19-12)16(11)7-9-5-3-2-4-6-9/h2-6H,7-8H2,1H3. The van der Waals surface area contributed by atoms with Gasteiger partial charge in [-0.2, -0.15) is 4.99 Å². The van der Waals surface area contributed by atoms with E-state index >= 15 is 0 Å². The lowest BCUT2D eigenvalue weighted by molar-refractivity contribution is 0.713. The SMILES string of the molecule is CSc1nnc(N=C2SCS2)n1Cc1ccccc1. The predicted molar refractivity (Wildman–Crippen MR) is 84.5 cm³/mol. The molecule has 2 heterocycles. The molecule has 2 aromatic rings. The highest BCUT2D eigenvalue weighted by Crippen LogP contribution is 2.35. The maximum absolute atomic E-state index is 4.55. The van der Waals surface area contributed by atoms with Crippen molar-refractivity contribution in [1.29, 1.82) is 0 Å². The normalized spacial score (nSPS) is 14.3. The molecule has 1 aliphatic rings. The van der Waals surface area contributed by atoms with Crippen molar-refractivity contribution in [2.45, 2.75) is 11.7 Å². The Balaban J connectivity index is 1.91. The number of rotatable bonds is 4. The third-order valence-electron chi connectivity index (χ3n) is 2.62. The summed E-state index contributed by atoms with van der Waals surface area (Å²) in [5, 5.41) is 10.4. The molecule has 0 N–H and O–H groups in total. The van der Waals surface area contributed by atoms with Gasteiger partial charge in [0.05, 0.1) is 11.6 Å². The van der Waals surface area contributed by atoms with Crippen LogP contribution in [0.1, 0.15) is 5.56 Å². The van der Waals surface area contributed by atoms with Gasteiger partial charge >= 0.3 is 0 Å². The number of benzene rings is 1.